The van der Waals surface area contributed by atoms with Crippen LogP contribution in [0.5, 0.6) is 0 Å². The van der Waals surface area contributed by atoms with E-state index in [4.69, 9.17) is 5.73 Å². The molecule has 16 heteroatoms. The van der Waals surface area contributed by atoms with Crippen LogP contribution < -0.4 is 16.4 Å². The Balaban J connectivity index is 1.23. The van der Waals surface area contributed by atoms with E-state index in [1.165, 1.54) is 27.7 Å². The number of β-lactam (4-membered cyclic amide) rings is 1. The Kier molecular flexibility index (Phi) is 7.63. The van der Waals surface area contributed by atoms with Crippen molar-refractivity contribution in [3.8, 4) is 0 Å². The van der Waals surface area contributed by atoms with Crippen LogP contribution >= 0.6 is 11.8 Å². The Hall–Kier alpha value is -3.08. The third kappa shape index (κ3) is 5.01. The standard InChI is InChI=1S/C23H33N9O6S/c1-10-18-17(11(2)27-16(34)7-30-9-26-28-29-30)22(36)32(18)19(23(37)38)20(10)39-14-4-15(25-5-14)21(35)31-6-12(24)3-13(31)8-33/h9-15,17-18,25,33H,3-8,24H2,1-2H3,(H,27,34)(H,37,38)/t10-,11-,12-,13+,14+,15?,17-,18-/m1/s1. The van der Waals surface area contributed by atoms with Gasteiger partial charge in [0.2, 0.25) is 17.7 Å². The van der Waals surface area contributed by atoms with Crippen molar-refractivity contribution >= 4 is 35.5 Å². The molecule has 4 aliphatic rings. The maximum Gasteiger partial charge on any atom is 0.353 e. The van der Waals surface area contributed by atoms with Gasteiger partial charge in [0.05, 0.1) is 30.7 Å². The number of nitrogens with zero attached hydrogens (tertiary/aromatic N) is 6. The number of likely N-dealkylation sites (tertiary alicyclic amines) is 1. The highest BCUT2D eigenvalue weighted by Gasteiger charge is 2.60. The zero-order valence-electron chi connectivity index (χ0n) is 21.6. The summed E-state index contributed by atoms with van der Waals surface area (Å²) in [6.45, 7) is 4.29. The van der Waals surface area contributed by atoms with E-state index in [-0.39, 0.29) is 59.8 Å². The summed E-state index contributed by atoms with van der Waals surface area (Å²) >= 11 is 1.39. The first kappa shape index (κ1) is 27.5. The number of hydrogen-bond donors (Lipinski definition) is 5. The van der Waals surface area contributed by atoms with Crippen LogP contribution in [-0.2, 0) is 25.7 Å². The maximum atomic E-state index is 13.1. The first-order valence-electron chi connectivity index (χ1n) is 13.0. The number of rotatable bonds is 9. The van der Waals surface area contributed by atoms with Crippen molar-refractivity contribution in [1.29, 1.82) is 0 Å². The first-order chi connectivity index (χ1) is 18.6. The summed E-state index contributed by atoms with van der Waals surface area (Å²) in [5.74, 6) is -2.81. The van der Waals surface area contributed by atoms with Crippen molar-refractivity contribution in [2.24, 2.45) is 17.6 Å². The highest BCUT2D eigenvalue weighted by atomic mass is 32.2. The summed E-state index contributed by atoms with van der Waals surface area (Å²) in [5.41, 5.74) is 5.98. The van der Waals surface area contributed by atoms with Crippen LogP contribution in [0.4, 0.5) is 0 Å². The van der Waals surface area contributed by atoms with Crippen LogP contribution in [-0.4, -0.2) is 119 Å². The van der Waals surface area contributed by atoms with Gasteiger partial charge in [-0.1, -0.05) is 6.92 Å². The predicted octanol–water partition coefficient (Wildman–Crippen LogP) is -2.67. The molecule has 5 rings (SSSR count). The molecule has 3 amide bonds. The highest BCUT2D eigenvalue weighted by Crippen LogP contribution is 2.51. The molecule has 0 radical (unpaired) electrons. The zero-order chi connectivity index (χ0) is 28.0. The predicted molar refractivity (Wildman–Crippen MR) is 136 cm³/mol. The summed E-state index contributed by atoms with van der Waals surface area (Å²) in [6.07, 6.45) is 2.36. The third-order valence-electron chi connectivity index (χ3n) is 8.04. The number of carboxylic acid groups (broad SMARTS) is 1. The number of hydrogen-bond acceptors (Lipinski definition) is 11. The molecule has 0 bridgehead atoms. The van der Waals surface area contributed by atoms with Crippen LogP contribution in [0, 0.1) is 11.8 Å². The largest absolute Gasteiger partial charge is 0.477 e. The number of nitrogens with one attached hydrogen (secondary N) is 2. The van der Waals surface area contributed by atoms with Gasteiger partial charge in [-0.2, -0.15) is 0 Å². The molecule has 3 saturated heterocycles. The minimum atomic E-state index is -1.18. The van der Waals surface area contributed by atoms with E-state index >= 15 is 0 Å². The lowest BCUT2D eigenvalue weighted by atomic mass is 9.78. The molecule has 15 nitrogen and oxygen atoms in total. The molecular weight excluding hydrogens is 530 g/mol. The monoisotopic (exact) mass is 563 g/mol. The average Bonchev–Trinajstić information content (AvgIpc) is 3.67. The van der Waals surface area contributed by atoms with Gasteiger partial charge in [-0.3, -0.25) is 14.4 Å². The van der Waals surface area contributed by atoms with Crippen molar-refractivity contribution in [2.75, 3.05) is 19.7 Å². The summed E-state index contributed by atoms with van der Waals surface area (Å²) < 4.78 is 1.27. The Morgan fingerprint density at radius 3 is 2.77 bits per heavy atom. The van der Waals surface area contributed by atoms with Gasteiger partial charge >= 0.3 is 5.97 Å². The van der Waals surface area contributed by atoms with Gasteiger partial charge in [0.1, 0.15) is 18.6 Å². The van der Waals surface area contributed by atoms with Crippen LogP contribution in [0.2, 0.25) is 0 Å². The minimum absolute atomic E-state index is 0.0217. The van der Waals surface area contributed by atoms with Gasteiger partial charge in [0.15, 0.2) is 0 Å². The summed E-state index contributed by atoms with van der Waals surface area (Å²) in [6, 6.07) is -1.82. The molecule has 212 valence electrons. The number of tetrazole rings is 1. The van der Waals surface area contributed by atoms with Crippen LogP contribution in [0.15, 0.2) is 16.9 Å². The van der Waals surface area contributed by atoms with Crippen LogP contribution in [0.25, 0.3) is 0 Å². The molecule has 1 aromatic heterocycles. The number of aromatic nitrogens is 4. The number of carboxylic acids is 1. The number of amides is 3. The normalized spacial score (nSPS) is 32.8. The number of aliphatic hydroxyl groups excluding tert-OH is 1. The Labute approximate surface area is 228 Å². The molecule has 6 N–H and O–H groups in total. The molecule has 4 aliphatic heterocycles. The van der Waals surface area contributed by atoms with E-state index < -0.39 is 30.0 Å². The Bertz CT molecular complexity index is 1180. The average molecular weight is 564 g/mol. The van der Waals surface area contributed by atoms with E-state index in [0.717, 1.165) is 0 Å². The van der Waals surface area contributed by atoms with Crippen molar-refractivity contribution in [3.63, 3.8) is 0 Å². The van der Waals surface area contributed by atoms with Gasteiger partial charge in [0.25, 0.3) is 0 Å². The second kappa shape index (κ2) is 10.8. The summed E-state index contributed by atoms with van der Waals surface area (Å²) in [7, 11) is 0. The number of aliphatic hydroxyl groups is 1. The highest BCUT2D eigenvalue weighted by molar-refractivity contribution is 8.03. The van der Waals surface area contributed by atoms with E-state index in [9.17, 15) is 29.4 Å². The zero-order valence-corrected chi connectivity index (χ0v) is 22.5. The van der Waals surface area contributed by atoms with Crippen molar-refractivity contribution < 1.29 is 29.4 Å². The molecule has 5 heterocycles. The maximum absolute atomic E-state index is 13.1. The Morgan fingerprint density at radius 2 is 2.10 bits per heavy atom. The number of fused-ring (bicyclic) bond motifs is 1. The van der Waals surface area contributed by atoms with Crippen molar-refractivity contribution in [3.05, 3.63) is 16.9 Å². The molecule has 0 spiro atoms. The molecule has 0 aliphatic carbocycles. The van der Waals surface area contributed by atoms with Crippen molar-refractivity contribution in [2.45, 2.75) is 68.7 Å². The van der Waals surface area contributed by atoms with E-state index in [0.29, 0.717) is 30.8 Å². The fourth-order valence-electron chi connectivity index (χ4n) is 6.24. The third-order valence-corrected chi connectivity index (χ3v) is 9.55. The fourth-order valence-corrected chi connectivity index (χ4v) is 7.72. The number of thioether (sulfide) groups is 1. The fraction of sp³-hybridized carbons (Fsp3) is 0.696. The molecule has 1 unspecified atom stereocenters. The summed E-state index contributed by atoms with van der Waals surface area (Å²) in [4.78, 5) is 54.6. The molecule has 0 aromatic carbocycles. The lowest BCUT2D eigenvalue weighted by molar-refractivity contribution is -0.158. The molecule has 1 aromatic rings. The van der Waals surface area contributed by atoms with E-state index in [1.54, 1.807) is 11.8 Å². The van der Waals surface area contributed by atoms with Crippen LogP contribution in [0.3, 0.4) is 0 Å². The number of carbonyl (C=O) groups is 4. The molecular formula is C23H33N9O6S. The molecule has 0 saturated carbocycles. The van der Waals surface area contributed by atoms with Gasteiger partial charge < -0.3 is 36.4 Å². The second-order valence-corrected chi connectivity index (χ2v) is 12.0. The van der Waals surface area contributed by atoms with E-state index in [2.05, 4.69) is 26.2 Å². The number of nitrogens with two attached hydrogens (primary N) is 1. The van der Waals surface area contributed by atoms with Gasteiger partial charge in [-0.15, -0.1) is 16.9 Å². The molecule has 3 fully saturated rings. The first-order valence-corrected chi connectivity index (χ1v) is 13.9. The number of carbonyl (C=O) groups excluding carboxylic acids is 3. The Morgan fingerprint density at radius 1 is 1.33 bits per heavy atom. The SMILES string of the molecule is C[C@@H](NC(=O)Cn1cnnn1)[C@H]1C(=O)N2C(C(=O)O)=C(S[C@@H]3CNC(C(=O)N4C[C@H](N)C[C@H]4CO)C3)[C@H](C)[C@H]12. The lowest BCUT2D eigenvalue weighted by Crippen LogP contribution is -2.66. The van der Waals surface area contributed by atoms with Gasteiger partial charge in [-0.25, -0.2) is 9.48 Å². The van der Waals surface area contributed by atoms with Gasteiger partial charge in [0, 0.05) is 41.2 Å². The van der Waals surface area contributed by atoms with Crippen molar-refractivity contribution in [1.82, 2.24) is 40.6 Å². The number of aliphatic carboxylic acids is 1. The topological polar surface area (TPSA) is 209 Å². The quantitative estimate of drug-likeness (QED) is 0.195. The second-order valence-electron chi connectivity index (χ2n) is 10.7. The molecule has 39 heavy (non-hydrogen) atoms. The lowest BCUT2D eigenvalue weighted by Gasteiger charge is -2.47. The molecule has 8 atom stereocenters. The van der Waals surface area contributed by atoms with E-state index in [1.807, 2.05) is 6.92 Å². The van der Waals surface area contributed by atoms with Gasteiger partial charge in [-0.05, 0) is 30.2 Å². The van der Waals surface area contributed by atoms with Crippen LogP contribution in [0.1, 0.15) is 26.7 Å². The smallest absolute Gasteiger partial charge is 0.353 e. The summed E-state index contributed by atoms with van der Waals surface area (Å²) in [5, 5.41) is 36.3. The minimum Gasteiger partial charge on any atom is -0.477 e.